The number of rotatable bonds is 3. The first kappa shape index (κ1) is 18.1. The van der Waals surface area contributed by atoms with Crippen molar-refractivity contribution in [2.45, 2.75) is 32.2 Å². The molecule has 1 unspecified atom stereocenters. The monoisotopic (exact) mass is 382 g/mol. The van der Waals surface area contributed by atoms with E-state index in [1.54, 1.807) is 30.0 Å². The minimum Gasteiger partial charge on any atom is -0.418 e. The van der Waals surface area contributed by atoms with Crippen LogP contribution in [0.5, 0.6) is 0 Å². The second-order valence-electron chi connectivity index (χ2n) is 6.83. The van der Waals surface area contributed by atoms with E-state index in [4.69, 9.17) is 4.42 Å². The van der Waals surface area contributed by atoms with Crippen molar-refractivity contribution in [3.63, 3.8) is 0 Å². The molecule has 0 saturated carbocycles. The topological polar surface area (TPSA) is 92.1 Å². The Balaban J connectivity index is 1.65. The highest BCUT2D eigenvalue weighted by Gasteiger charge is 2.33. The van der Waals surface area contributed by atoms with E-state index in [9.17, 15) is 14.0 Å². The lowest BCUT2D eigenvalue weighted by molar-refractivity contribution is 0.0571. The van der Waals surface area contributed by atoms with Gasteiger partial charge in [-0.05, 0) is 43.9 Å². The third kappa shape index (κ3) is 3.33. The van der Waals surface area contributed by atoms with Gasteiger partial charge < -0.3 is 14.3 Å². The van der Waals surface area contributed by atoms with E-state index in [0.717, 1.165) is 12.8 Å². The Bertz CT molecular complexity index is 1080. The maximum atomic E-state index is 14.0. The molecule has 1 saturated heterocycles. The number of hydrogen-bond acceptors (Lipinski definition) is 5. The van der Waals surface area contributed by atoms with Crippen LogP contribution in [0, 0.1) is 12.7 Å². The highest BCUT2D eigenvalue weighted by atomic mass is 19.1. The molecular weight excluding hydrogens is 363 g/mol. The highest BCUT2D eigenvalue weighted by molar-refractivity contribution is 5.95. The minimum atomic E-state index is -0.446. The van der Waals surface area contributed by atoms with E-state index < -0.39 is 5.82 Å². The summed E-state index contributed by atoms with van der Waals surface area (Å²) in [6, 6.07) is 7.19. The lowest BCUT2D eigenvalue weighted by atomic mass is 10.00. The molecule has 3 aromatic rings. The molecule has 1 atom stereocenters. The van der Waals surface area contributed by atoms with Crippen LogP contribution in [-0.2, 0) is 0 Å². The van der Waals surface area contributed by atoms with E-state index in [0.29, 0.717) is 24.1 Å². The van der Waals surface area contributed by atoms with E-state index in [1.807, 2.05) is 0 Å². The van der Waals surface area contributed by atoms with Crippen LogP contribution in [0.3, 0.4) is 0 Å². The average molecular weight is 382 g/mol. The molecule has 1 amide bonds. The Morgan fingerprint density at radius 2 is 2.11 bits per heavy atom. The number of carbonyl (C=O) groups is 1. The predicted octanol–water partition coefficient (Wildman–Crippen LogP) is 3.24. The number of nitrogens with zero attached hydrogens (tertiary/aromatic N) is 3. The van der Waals surface area contributed by atoms with Crippen molar-refractivity contribution in [1.29, 1.82) is 0 Å². The summed E-state index contributed by atoms with van der Waals surface area (Å²) < 4.78 is 19.8. The van der Waals surface area contributed by atoms with Gasteiger partial charge in [0.1, 0.15) is 11.9 Å². The summed E-state index contributed by atoms with van der Waals surface area (Å²) in [5, 5.41) is 8.06. The number of aromatic nitrogens is 3. The first-order valence-corrected chi connectivity index (χ1v) is 9.13. The molecule has 0 bridgehead atoms. The second kappa shape index (κ2) is 7.38. The van der Waals surface area contributed by atoms with Crippen LogP contribution >= 0.6 is 0 Å². The third-order valence-corrected chi connectivity index (χ3v) is 4.96. The van der Waals surface area contributed by atoms with Gasteiger partial charge in [0.25, 0.3) is 11.8 Å². The SMILES string of the molecule is Cc1cc(=O)[nH]cc1C(=O)N1CCCCC1c1nnc(-c2ccccc2F)o1. The smallest absolute Gasteiger partial charge is 0.256 e. The summed E-state index contributed by atoms with van der Waals surface area (Å²) in [4.78, 5) is 28.8. The molecule has 7 nitrogen and oxygen atoms in total. The number of carbonyl (C=O) groups excluding carboxylic acids is 1. The molecule has 8 heteroatoms. The summed E-state index contributed by atoms with van der Waals surface area (Å²) in [5.41, 5.74) is 1.01. The average Bonchev–Trinajstić information content (AvgIpc) is 3.18. The molecule has 2 aromatic heterocycles. The maximum Gasteiger partial charge on any atom is 0.256 e. The molecule has 0 spiro atoms. The Morgan fingerprint density at radius 3 is 2.89 bits per heavy atom. The number of benzene rings is 1. The lowest BCUT2D eigenvalue weighted by Crippen LogP contribution is -2.39. The maximum absolute atomic E-state index is 14.0. The van der Waals surface area contributed by atoms with Crippen molar-refractivity contribution in [2.24, 2.45) is 0 Å². The number of piperidine rings is 1. The largest absolute Gasteiger partial charge is 0.418 e. The van der Waals surface area contributed by atoms with Gasteiger partial charge in [-0.25, -0.2) is 4.39 Å². The zero-order chi connectivity index (χ0) is 19.7. The zero-order valence-corrected chi connectivity index (χ0v) is 15.3. The molecule has 0 radical (unpaired) electrons. The van der Waals surface area contributed by atoms with Gasteiger partial charge in [0, 0.05) is 18.8 Å². The number of nitrogens with one attached hydrogen (secondary N) is 1. The second-order valence-corrected chi connectivity index (χ2v) is 6.83. The minimum absolute atomic E-state index is 0.0892. The molecule has 1 aromatic carbocycles. The zero-order valence-electron chi connectivity index (χ0n) is 15.3. The molecule has 144 valence electrons. The third-order valence-electron chi connectivity index (χ3n) is 4.96. The Labute approximate surface area is 160 Å². The molecule has 1 aliphatic rings. The quantitative estimate of drug-likeness (QED) is 0.751. The van der Waals surface area contributed by atoms with Crippen LogP contribution < -0.4 is 5.56 Å². The Hall–Kier alpha value is -3.29. The van der Waals surface area contributed by atoms with Crippen LogP contribution in [0.25, 0.3) is 11.5 Å². The Kier molecular flexibility index (Phi) is 4.77. The van der Waals surface area contributed by atoms with Gasteiger partial charge in [-0.15, -0.1) is 10.2 Å². The predicted molar refractivity (Wildman–Crippen MR) is 99.1 cm³/mol. The van der Waals surface area contributed by atoms with Crippen LogP contribution in [0.15, 0.2) is 45.7 Å². The molecule has 3 heterocycles. The molecule has 28 heavy (non-hydrogen) atoms. The van der Waals surface area contributed by atoms with Gasteiger partial charge in [-0.3, -0.25) is 9.59 Å². The van der Waals surface area contributed by atoms with Gasteiger partial charge in [0.2, 0.25) is 11.4 Å². The van der Waals surface area contributed by atoms with E-state index >= 15 is 0 Å². The van der Waals surface area contributed by atoms with Crippen LogP contribution in [0.4, 0.5) is 4.39 Å². The number of likely N-dealkylation sites (tertiary alicyclic amines) is 1. The van der Waals surface area contributed by atoms with Crippen LogP contribution in [-0.4, -0.2) is 32.5 Å². The molecule has 1 aliphatic heterocycles. The van der Waals surface area contributed by atoms with Gasteiger partial charge in [0.05, 0.1) is 11.1 Å². The van der Waals surface area contributed by atoms with E-state index in [2.05, 4.69) is 15.2 Å². The number of H-pyrrole nitrogens is 1. The summed E-state index contributed by atoms with van der Waals surface area (Å²) in [6.45, 7) is 2.27. The molecule has 0 aliphatic carbocycles. The fourth-order valence-corrected chi connectivity index (χ4v) is 3.50. The standard InChI is InChI=1S/C20H19FN4O3/c1-12-10-17(26)22-11-14(12)20(27)25-9-5-4-8-16(25)19-24-23-18(28-19)13-6-2-3-7-15(13)21/h2-3,6-7,10-11,16H,4-5,8-9H2,1H3,(H,22,26). The molecule has 1 fully saturated rings. The summed E-state index contributed by atoms with van der Waals surface area (Å²) in [6.07, 6.45) is 3.88. The van der Waals surface area contributed by atoms with E-state index in [-0.39, 0.29) is 34.9 Å². The van der Waals surface area contributed by atoms with Crippen molar-refractivity contribution >= 4 is 5.91 Å². The Morgan fingerprint density at radius 1 is 1.29 bits per heavy atom. The summed E-state index contributed by atoms with van der Waals surface area (Å²) in [7, 11) is 0. The highest BCUT2D eigenvalue weighted by Crippen LogP contribution is 2.33. The van der Waals surface area contributed by atoms with Gasteiger partial charge >= 0.3 is 0 Å². The number of aryl methyl sites for hydroxylation is 1. The number of hydrogen-bond donors (Lipinski definition) is 1. The van der Waals surface area contributed by atoms with E-state index in [1.165, 1.54) is 18.3 Å². The van der Waals surface area contributed by atoms with Gasteiger partial charge in [-0.2, -0.15) is 0 Å². The lowest BCUT2D eigenvalue weighted by Gasteiger charge is -2.33. The van der Waals surface area contributed by atoms with Crippen LogP contribution in [0.2, 0.25) is 0 Å². The summed E-state index contributed by atoms with van der Waals surface area (Å²) in [5.74, 6) is -0.276. The molecule has 1 N–H and O–H groups in total. The fourth-order valence-electron chi connectivity index (χ4n) is 3.50. The fraction of sp³-hybridized carbons (Fsp3) is 0.300. The van der Waals surface area contributed by atoms with Crippen molar-refractivity contribution in [2.75, 3.05) is 6.54 Å². The van der Waals surface area contributed by atoms with Crippen molar-refractivity contribution < 1.29 is 13.6 Å². The first-order valence-electron chi connectivity index (χ1n) is 9.13. The van der Waals surface area contributed by atoms with Crippen LogP contribution in [0.1, 0.15) is 47.1 Å². The molecule has 4 rings (SSSR count). The number of halogens is 1. The van der Waals surface area contributed by atoms with Crippen molar-refractivity contribution in [3.05, 3.63) is 69.7 Å². The van der Waals surface area contributed by atoms with Crippen molar-refractivity contribution in [1.82, 2.24) is 20.1 Å². The summed E-state index contributed by atoms with van der Waals surface area (Å²) >= 11 is 0. The molecular formula is C20H19FN4O3. The van der Waals surface area contributed by atoms with Gasteiger partial charge in [0.15, 0.2) is 0 Å². The normalized spacial score (nSPS) is 16.9. The number of aromatic amines is 1. The number of pyridine rings is 1. The van der Waals surface area contributed by atoms with Gasteiger partial charge in [-0.1, -0.05) is 12.1 Å². The first-order chi connectivity index (χ1) is 13.5. The van der Waals surface area contributed by atoms with Crippen molar-refractivity contribution in [3.8, 4) is 11.5 Å². The number of amides is 1.